The molecule has 1 fully saturated rings. The van der Waals surface area contributed by atoms with Gasteiger partial charge in [0.25, 0.3) is 0 Å². The van der Waals surface area contributed by atoms with Crippen LogP contribution in [0.15, 0.2) is 0 Å². The minimum Gasteiger partial charge on any atom is -0.314 e. The third kappa shape index (κ3) is 8.50. The summed E-state index contributed by atoms with van der Waals surface area (Å²) in [5.41, 5.74) is 0. The summed E-state index contributed by atoms with van der Waals surface area (Å²) in [6, 6.07) is 0. The number of halogens is 2. The largest absolute Gasteiger partial charge is 0.314 e. The molecular formula is C5H12Cl2N2. The minimum absolute atomic E-state index is 0.194. The van der Waals surface area contributed by atoms with Crippen molar-refractivity contribution in [3.8, 4) is 0 Å². The van der Waals surface area contributed by atoms with E-state index in [2.05, 4.69) is 10.6 Å². The molecule has 0 aromatic heterocycles. The molecule has 2 nitrogen and oxygen atoms in total. The number of alkyl halides is 2. The summed E-state index contributed by atoms with van der Waals surface area (Å²) in [7, 11) is 0. The van der Waals surface area contributed by atoms with Gasteiger partial charge in [0.2, 0.25) is 0 Å². The molecule has 9 heavy (non-hydrogen) atoms. The van der Waals surface area contributed by atoms with E-state index in [-0.39, 0.29) is 5.34 Å². The van der Waals surface area contributed by atoms with Crippen molar-refractivity contribution in [3.63, 3.8) is 0 Å². The Balaban J connectivity index is 0.000000187. The van der Waals surface area contributed by atoms with Crippen molar-refractivity contribution in [2.45, 2.75) is 0 Å². The second-order valence-corrected chi connectivity index (χ2v) is 2.41. The topological polar surface area (TPSA) is 24.1 Å². The Kier molecular flexibility index (Phi) is 8.97. The van der Waals surface area contributed by atoms with Crippen LogP contribution in [-0.4, -0.2) is 31.5 Å². The van der Waals surface area contributed by atoms with Crippen LogP contribution in [0.25, 0.3) is 0 Å². The molecule has 1 saturated heterocycles. The van der Waals surface area contributed by atoms with E-state index >= 15 is 0 Å². The van der Waals surface area contributed by atoms with Gasteiger partial charge in [0.05, 0.1) is 5.34 Å². The fraction of sp³-hybridized carbons (Fsp3) is 1.00. The Bertz CT molecular complexity index is 36.7. The van der Waals surface area contributed by atoms with Crippen LogP contribution in [0.2, 0.25) is 0 Å². The molecule has 0 bridgehead atoms. The van der Waals surface area contributed by atoms with E-state index in [1.54, 1.807) is 0 Å². The zero-order valence-corrected chi connectivity index (χ0v) is 6.80. The van der Waals surface area contributed by atoms with E-state index in [0.29, 0.717) is 0 Å². The summed E-state index contributed by atoms with van der Waals surface area (Å²) in [6.07, 6.45) is 0. The minimum atomic E-state index is 0.194. The molecule has 56 valence electrons. The second kappa shape index (κ2) is 8.50. The van der Waals surface area contributed by atoms with Gasteiger partial charge < -0.3 is 10.6 Å². The predicted molar refractivity (Wildman–Crippen MR) is 42.3 cm³/mol. The summed E-state index contributed by atoms with van der Waals surface area (Å²) in [5.74, 6) is 0. The van der Waals surface area contributed by atoms with Crippen molar-refractivity contribution in [3.05, 3.63) is 0 Å². The van der Waals surface area contributed by atoms with Gasteiger partial charge in [-0.15, -0.1) is 23.2 Å². The number of hydrogen-bond acceptors (Lipinski definition) is 2. The van der Waals surface area contributed by atoms with Gasteiger partial charge >= 0.3 is 0 Å². The van der Waals surface area contributed by atoms with Gasteiger partial charge in [-0.25, -0.2) is 0 Å². The SMILES string of the molecule is C1CNCCN1.ClCCl. The van der Waals surface area contributed by atoms with Crippen LogP contribution in [0.3, 0.4) is 0 Å². The van der Waals surface area contributed by atoms with E-state index in [4.69, 9.17) is 23.2 Å². The molecule has 1 rings (SSSR count). The maximum Gasteiger partial charge on any atom is 0.0967 e. The van der Waals surface area contributed by atoms with E-state index in [9.17, 15) is 0 Å². The number of piperazine rings is 1. The summed E-state index contributed by atoms with van der Waals surface area (Å²) in [4.78, 5) is 0. The average molecular weight is 171 g/mol. The highest BCUT2D eigenvalue weighted by Gasteiger charge is 1.91. The third-order valence-electron chi connectivity index (χ3n) is 0.957. The maximum absolute atomic E-state index is 4.76. The van der Waals surface area contributed by atoms with Gasteiger partial charge in [-0.2, -0.15) is 0 Å². The van der Waals surface area contributed by atoms with E-state index in [1.165, 1.54) is 0 Å². The number of rotatable bonds is 0. The molecule has 4 heteroatoms. The molecule has 0 aromatic rings. The summed E-state index contributed by atoms with van der Waals surface area (Å²) in [5, 5.41) is 6.64. The molecule has 0 spiro atoms. The van der Waals surface area contributed by atoms with E-state index in [1.807, 2.05) is 0 Å². The predicted octanol–water partition coefficient (Wildman–Crippen LogP) is 0.601. The molecule has 0 unspecified atom stereocenters. The van der Waals surface area contributed by atoms with Gasteiger partial charge in [0.1, 0.15) is 0 Å². The normalized spacial score (nSPS) is 18.0. The van der Waals surface area contributed by atoms with Crippen molar-refractivity contribution in [1.29, 1.82) is 0 Å². The zero-order valence-electron chi connectivity index (χ0n) is 5.29. The van der Waals surface area contributed by atoms with Crippen LogP contribution < -0.4 is 10.6 Å². The lowest BCUT2D eigenvalue weighted by molar-refractivity contribution is 0.534. The highest BCUT2D eigenvalue weighted by molar-refractivity contribution is 6.40. The molecule has 0 aromatic carbocycles. The maximum atomic E-state index is 4.76. The molecule has 0 radical (unpaired) electrons. The fourth-order valence-corrected chi connectivity index (χ4v) is 0.604. The van der Waals surface area contributed by atoms with Crippen molar-refractivity contribution < 1.29 is 0 Å². The van der Waals surface area contributed by atoms with Crippen LogP contribution in [0.4, 0.5) is 0 Å². The first-order valence-electron chi connectivity index (χ1n) is 2.95. The molecule has 0 atom stereocenters. The Morgan fingerprint density at radius 2 is 1.11 bits per heavy atom. The highest BCUT2D eigenvalue weighted by atomic mass is 35.5. The lowest BCUT2D eigenvalue weighted by Gasteiger charge is -2.11. The van der Waals surface area contributed by atoms with Crippen LogP contribution in [0.1, 0.15) is 0 Å². The van der Waals surface area contributed by atoms with Crippen molar-refractivity contribution in [1.82, 2.24) is 10.6 Å². The highest BCUT2D eigenvalue weighted by Crippen LogP contribution is 1.73. The van der Waals surface area contributed by atoms with Crippen molar-refractivity contribution in [2.75, 3.05) is 31.5 Å². The second-order valence-electron chi connectivity index (χ2n) is 1.60. The number of hydrogen-bond donors (Lipinski definition) is 2. The van der Waals surface area contributed by atoms with E-state index < -0.39 is 0 Å². The van der Waals surface area contributed by atoms with Crippen LogP contribution in [0, 0.1) is 0 Å². The Morgan fingerprint density at radius 3 is 1.22 bits per heavy atom. The Morgan fingerprint density at radius 1 is 0.889 bits per heavy atom. The molecule has 0 saturated carbocycles. The lowest BCUT2D eigenvalue weighted by Crippen LogP contribution is -2.39. The average Bonchev–Trinajstić information content (AvgIpc) is 1.93. The lowest BCUT2D eigenvalue weighted by atomic mass is 10.4. The van der Waals surface area contributed by atoms with Gasteiger partial charge in [-0.05, 0) is 0 Å². The smallest absolute Gasteiger partial charge is 0.0967 e. The monoisotopic (exact) mass is 170 g/mol. The first kappa shape index (κ1) is 9.50. The third-order valence-corrected chi connectivity index (χ3v) is 0.957. The van der Waals surface area contributed by atoms with Crippen LogP contribution in [0.5, 0.6) is 0 Å². The van der Waals surface area contributed by atoms with E-state index in [0.717, 1.165) is 26.2 Å². The summed E-state index contributed by atoms with van der Waals surface area (Å²) < 4.78 is 0. The van der Waals surface area contributed by atoms with Gasteiger partial charge in [0.15, 0.2) is 0 Å². The van der Waals surface area contributed by atoms with Gasteiger partial charge in [0, 0.05) is 26.2 Å². The molecular weight excluding hydrogens is 159 g/mol. The fourth-order valence-electron chi connectivity index (χ4n) is 0.604. The van der Waals surface area contributed by atoms with Crippen molar-refractivity contribution in [2.24, 2.45) is 0 Å². The summed E-state index contributed by atoms with van der Waals surface area (Å²) >= 11 is 9.53. The molecule has 2 N–H and O–H groups in total. The van der Waals surface area contributed by atoms with Crippen molar-refractivity contribution >= 4 is 23.2 Å². The standard InChI is InChI=1S/C4H10N2.CH2Cl2/c1-2-6-4-3-5-1;2-1-3/h5-6H,1-4H2;1H2. The molecule has 0 aliphatic carbocycles. The molecule has 1 aliphatic rings. The van der Waals surface area contributed by atoms with Crippen LogP contribution in [-0.2, 0) is 0 Å². The first-order valence-corrected chi connectivity index (χ1v) is 4.02. The Labute approximate surface area is 65.9 Å². The van der Waals surface area contributed by atoms with Crippen LogP contribution >= 0.6 is 23.2 Å². The quantitative estimate of drug-likeness (QED) is 0.521. The first-order chi connectivity index (χ1) is 4.41. The summed E-state index contributed by atoms with van der Waals surface area (Å²) in [6.45, 7) is 4.56. The Hall–Kier alpha value is 0.500. The molecule has 0 amide bonds. The van der Waals surface area contributed by atoms with Gasteiger partial charge in [-0.3, -0.25) is 0 Å². The number of nitrogens with one attached hydrogen (secondary N) is 2. The zero-order chi connectivity index (χ0) is 6.95. The molecule has 1 heterocycles. The molecule has 1 aliphatic heterocycles. The van der Waals surface area contributed by atoms with Gasteiger partial charge in [-0.1, -0.05) is 0 Å².